The van der Waals surface area contributed by atoms with Crippen LogP contribution in [0.2, 0.25) is 0 Å². The van der Waals surface area contributed by atoms with Crippen molar-refractivity contribution in [3.05, 3.63) is 71.8 Å². The van der Waals surface area contributed by atoms with E-state index in [1.165, 1.54) is 0 Å². The van der Waals surface area contributed by atoms with E-state index < -0.39 is 36.9 Å². The van der Waals surface area contributed by atoms with E-state index >= 15 is 0 Å². The van der Waals surface area contributed by atoms with Gasteiger partial charge in [-0.2, -0.15) is 0 Å². The maximum absolute atomic E-state index is 13.4. The summed E-state index contributed by atoms with van der Waals surface area (Å²) in [6, 6.07) is 19.6. The van der Waals surface area contributed by atoms with Gasteiger partial charge in [-0.05, 0) is 11.1 Å². The second kappa shape index (κ2) is 12.1. The Bertz CT molecular complexity index is 783. The van der Waals surface area contributed by atoms with Crippen LogP contribution in [0.15, 0.2) is 60.7 Å². The summed E-state index contributed by atoms with van der Waals surface area (Å²) in [4.78, 5) is 3.96. The summed E-state index contributed by atoms with van der Waals surface area (Å²) < 4.78 is 53.6. The lowest BCUT2D eigenvalue weighted by molar-refractivity contribution is -0.121. The lowest BCUT2D eigenvalue weighted by atomic mass is 9.94. The summed E-state index contributed by atoms with van der Waals surface area (Å²) >= 11 is 0. The molecule has 2 atom stereocenters. The van der Waals surface area contributed by atoms with Crippen LogP contribution >= 0.6 is 0 Å². The number of aliphatic hydroxyl groups is 2. The third kappa shape index (κ3) is 7.50. The minimum atomic E-state index is -2.72. The number of hydrogen-bond acceptors (Lipinski definition) is 4. The second-order valence-electron chi connectivity index (χ2n) is 9.22. The lowest BCUT2D eigenvalue weighted by Crippen LogP contribution is -2.48. The average molecular weight is 483 g/mol. The van der Waals surface area contributed by atoms with Crippen LogP contribution in [0.5, 0.6) is 0 Å². The largest absolute Gasteiger partial charge is 0.396 e. The topological polar surface area (TPSA) is 46.9 Å². The molecule has 2 fully saturated rings. The van der Waals surface area contributed by atoms with E-state index in [4.69, 9.17) is 10.2 Å². The van der Waals surface area contributed by atoms with Gasteiger partial charge in [-0.1, -0.05) is 60.7 Å². The zero-order valence-corrected chi connectivity index (χ0v) is 19.3. The number of piperidine rings is 2. The summed E-state index contributed by atoms with van der Waals surface area (Å²) in [5.41, 5.74) is 2.24. The molecule has 34 heavy (non-hydrogen) atoms. The van der Waals surface area contributed by atoms with Gasteiger partial charge in [0, 0.05) is 52.1 Å². The predicted octanol–water partition coefficient (Wildman–Crippen LogP) is 4.27. The highest BCUT2D eigenvalue weighted by Gasteiger charge is 2.44. The molecule has 0 bridgehead atoms. The van der Waals surface area contributed by atoms with Crippen LogP contribution in [0.3, 0.4) is 0 Å². The van der Waals surface area contributed by atoms with Crippen molar-refractivity contribution in [3.63, 3.8) is 0 Å². The Kier molecular flexibility index (Phi) is 9.47. The highest BCUT2D eigenvalue weighted by Crippen LogP contribution is 2.34. The minimum Gasteiger partial charge on any atom is -0.396 e. The molecule has 0 aromatic heterocycles. The predicted molar refractivity (Wildman–Crippen MR) is 124 cm³/mol. The second-order valence-corrected chi connectivity index (χ2v) is 9.22. The van der Waals surface area contributed by atoms with E-state index in [2.05, 4.69) is 0 Å². The zero-order chi connectivity index (χ0) is 24.6. The number of benzene rings is 2. The van der Waals surface area contributed by atoms with Crippen LogP contribution in [0.1, 0.15) is 24.0 Å². The quantitative estimate of drug-likeness (QED) is 0.604. The number of nitrogens with zero attached hydrogens (tertiary/aromatic N) is 2. The Morgan fingerprint density at radius 2 is 1.00 bits per heavy atom. The first-order valence-electron chi connectivity index (χ1n) is 11.7. The Balaban J connectivity index is 0.000000191. The standard InChI is InChI=1S/2C13H17F2NO/c2*14-13(15)6-7-16(9-12(13)10-17)8-11-4-2-1-3-5-11/h2*1-5,12,17H,6-10H2/t2*12-/m10/s1. The highest BCUT2D eigenvalue weighted by atomic mass is 19.3. The Morgan fingerprint density at radius 3 is 1.32 bits per heavy atom. The van der Waals surface area contributed by atoms with E-state index in [1.807, 2.05) is 70.5 Å². The summed E-state index contributed by atoms with van der Waals surface area (Å²) in [6.07, 6.45) is -0.323. The first-order valence-corrected chi connectivity index (χ1v) is 11.7. The Labute approximate surface area is 198 Å². The zero-order valence-electron chi connectivity index (χ0n) is 19.3. The van der Waals surface area contributed by atoms with Gasteiger partial charge in [0.2, 0.25) is 0 Å². The van der Waals surface area contributed by atoms with Crippen LogP contribution in [0.25, 0.3) is 0 Å². The number of rotatable bonds is 6. The summed E-state index contributed by atoms with van der Waals surface area (Å²) in [7, 11) is 0. The van der Waals surface area contributed by atoms with Crippen LogP contribution in [-0.4, -0.2) is 71.3 Å². The van der Waals surface area contributed by atoms with Crippen LogP contribution < -0.4 is 0 Å². The molecule has 2 aliphatic rings. The normalized spacial score (nSPS) is 24.8. The van der Waals surface area contributed by atoms with E-state index in [0.29, 0.717) is 26.2 Å². The van der Waals surface area contributed by atoms with Gasteiger partial charge in [-0.25, -0.2) is 17.6 Å². The molecule has 0 aliphatic carbocycles. The molecule has 2 aromatic carbocycles. The van der Waals surface area contributed by atoms with Crippen molar-refractivity contribution in [2.75, 3.05) is 39.4 Å². The molecule has 0 amide bonds. The number of alkyl halides is 4. The van der Waals surface area contributed by atoms with Gasteiger partial charge in [-0.15, -0.1) is 0 Å². The first-order chi connectivity index (χ1) is 16.2. The van der Waals surface area contributed by atoms with Crippen molar-refractivity contribution < 1.29 is 27.8 Å². The highest BCUT2D eigenvalue weighted by molar-refractivity contribution is 5.15. The molecule has 2 N–H and O–H groups in total. The molecular weight excluding hydrogens is 448 g/mol. The smallest absolute Gasteiger partial charge is 0.255 e. The number of likely N-dealkylation sites (tertiary alicyclic amines) is 2. The molecule has 2 aromatic rings. The van der Waals surface area contributed by atoms with Crippen molar-refractivity contribution in [2.45, 2.75) is 37.8 Å². The van der Waals surface area contributed by atoms with Gasteiger partial charge in [0.15, 0.2) is 0 Å². The molecule has 0 radical (unpaired) electrons. The third-order valence-electron chi connectivity index (χ3n) is 6.61. The van der Waals surface area contributed by atoms with Crippen LogP contribution in [-0.2, 0) is 13.1 Å². The van der Waals surface area contributed by atoms with Gasteiger partial charge >= 0.3 is 0 Å². The molecule has 2 heterocycles. The van der Waals surface area contributed by atoms with Gasteiger partial charge in [0.1, 0.15) is 0 Å². The fraction of sp³-hybridized carbons (Fsp3) is 0.538. The lowest BCUT2D eigenvalue weighted by Gasteiger charge is -2.37. The summed E-state index contributed by atoms with van der Waals surface area (Å²) in [5.74, 6) is -7.30. The van der Waals surface area contributed by atoms with Crippen molar-refractivity contribution >= 4 is 0 Å². The van der Waals surface area contributed by atoms with Gasteiger partial charge in [0.25, 0.3) is 11.8 Å². The van der Waals surface area contributed by atoms with Gasteiger partial charge in [-0.3, -0.25) is 9.80 Å². The van der Waals surface area contributed by atoms with E-state index in [-0.39, 0.29) is 25.9 Å². The molecule has 4 nitrogen and oxygen atoms in total. The van der Waals surface area contributed by atoms with Gasteiger partial charge in [0.05, 0.1) is 25.0 Å². The van der Waals surface area contributed by atoms with Gasteiger partial charge < -0.3 is 10.2 Å². The molecular formula is C26H34F4N2O2. The van der Waals surface area contributed by atoms with Crippen molar-refractivity contribution in [2.24, 2.45) is 11.8 Å². The van der Waals surface area contributed by atoms with Crippen LogP contribution in [0, 0.1) is 11.8 Å². The maximum atomic E-state index is 13.4. The maximum Gasteiger partial charge on any atom is 0.255 e. The fourth-order valence-corrected chi connectivity index (χ4v) is 4.45. The first kappa shape index (κ1) is 26.6. The number of halogens is 4. The minimum absolute atomic E-state index is 0.162. The average Bonchev–Trinajstić information content (AvgIpc) is 2.83. The molecule has 0 unspecified atom stereocenters. The molecule has 0 spiro atoms. The molecule has 8 heteroatoms. The van der Waals surface area contributed by atoms with E-state index in [9.17, 15) is 17.6 Å². The fourth-order valence-electron chi connectivity index (χ4n) is 4.45. The van der Waals surface area contributed by atoms with Crippen molar-refractivity contribution in [1.29, 1.82) is 0 Å². The summed E-state index contributed by atoms with van der Waals surface area (Å²) in [6.45, 7) is 1.75. The third-order valence-corrected chi connectivity index (χ3v) is 6.61. The molecule has 188 valence electrons. The summed E-state index contributed by atoms with van der Waals surface area (Å²) in [5, 5.41) is 18.0. The number of aliphatic hydroxyl groups excluding tert-OH is 2. The molecule has 4 rings (SSSR count). The van der Waals surface area contributed by atoms with Crippen molar-refractivity contribution in [3.8, 4) is 0 Å². The van der Waals surface area contributed by atoms with Crippen LogP contribution in [0.4, 0.5) is 17.6 Å². The van der Waals surface area contributed by atoms with E-state index in [0.717, 1.165) is 11.1 Å². The van der Waals surface area contributed by atoms with E-state index in [1.54, 1.807) is 0 Å². The SMILES string of the molecule is OC[C@@H]1CN(Cc2ccccc2)CCC1(F)F.OC[C@H]1CN(Cc2ccccc2)CCC1(F)F. The number of hydrogen-bond donors (Lipinski definition) is 2. The Hall–Kier alpha value is -2.00. The Morgan fingerprint density at radius 1 is 0.647 bits per heavy atom. The molecule has 2 saturated heterocycles. The molecule has 2 aliphatic heterocycles. The van der Waals surface area contributed by atoms with Crippen molar-refractivity contribution in [1.82, 2.24) is 9.80 Å². The molecule has 0 saturated carbocycles. The monoisotopic (exact) mass is 482 g/mol.